The second-order valence-electron chi connectivity index (χ2n) is 5.35. The molecule has 0 aliphatic carbocycles. The van der Waals surface area contributed by atoms with Gasteiger partial charge in [-0.25, -0.2) is 0 Å². The van der Waals surface area contributed by atoms with Crippen LogP contribution in [0.5, 0.6) is 5.75 Å². The maximum absolute atomic E-state index is 9.44. The fourth-order valence-corrected chi connectivity index (χ4v) is 1.85. The van der Waals surface area contributed by atoms with Crippen LogP contribution in [0.2, 0.25) is 0 Å². The van der Waals surface area contributed by atoms with Gasteiger partial charge in [0.15, 0.2) is 0 Å². The number of hydrogen-bond acceptors (Lipinski definition) is 2. The van der Waals surface area contributed by atoms with E-state index in [2.05, 4.69) is 39.1 Å². The first-order chi connectivity index (χ1) is 7.43. The van der Waals surface area contributed by atoms with E-state index in [9.17, 15) is 5.11 Å². The molecule has 0 radical (unpaired) electrons. The van der Waals surface area contributed by atoms with E-state index in [-0.39, 0.29) is 5.41 Å². The number of nitrogens with one attached hydrogen (secondary N) is 1. The maximum Gasteiger partial charge on any atom is 0.115 e. The van der Waals surface area contributed by atoms with Gasteiger partial charge in [-0.1, -0.05) is 39.8 Å². The highest BCUT2D eigenvalue weighted by Gasteiger charge is 2.23. The summed E-state index contributed by atoms with van der Waals surface area (Å²) in [6.45, 7) is 9.82. The highest BCUT2D eigenvalue weighted by Crippen LogP contribution is 2.23. The average molecular weight is 221 g/mol. The summed E-state index contributed by atoms with van der Waals surface area (Å²) in [5, 5.41) is 12.9. The van der Waals surface area contributed by atoms with Gasteiger partial charge in [0.2, 0.25) is 0 Å². The molecule has 16 heavy (non-hydrogen) atoms. The summed E-state index contributed by atoms with van der Waals surface area (Å²) in [6.07, 6.45) is 0.950. The first-order valence-electron chi connectivity index (χ1n) is 5.94. The average Bonchev–Trinajstić information content (AvgIpc) is 2.16. The second-order valence-corrected chi connectivity index (χ2v) is 5.35. The van der Waals surface area contributed by atoms with Crippen LogP contribution in [0.4, 0.5) is 0 Å². The van der Waals surface area contributed by atoms with Crippen LogP contribution in [0.3, 0.4) is 0 Å². The van der Waals surface area contributed by atoms with Crippen molar-refractivity contribution in [1.82, 2.24) is 5.32 Å². The van der Waals surface area contributed by atoms with Gasteiger partial charge in [0.1, 0.15) is 5.75 Å². The molecule has 0 aromatic heterocycles. The van der Waals surface area contributed by atoms with Gasteiger partial charge in [0.25, 0.3) is 0 Å². The van der Waals surface area contributed by atoms with Gasteiger partial charge in [-0.05, 0) is 36.1 Å². The van der Waals surface area contributed by atoms with Crippen molar-refractivity contribution >= 4 is 0 Å². The molecule has 1 atom stereocenters. The van der Waals surface area contributed by atoms with E-state index in [1.807, 2.05) is 12.1 Å². The van der Waals surface area contributed by atoms with Crippen molar-refractivity contribution in [2.75, 3.05) is 6.54 Å². The van der Waals surface area contributed by atoms with E-state index in [1.165, 1.54) is 5.56 Å². The van der Waals surface area contributed by atoms with Crippen molar-refractivity contribution in [2.24, 2.45) is 5.41 Å². The van der Waals surface area contributed by atoms with Gasteiger partial charge < -0.3 is 10.4 Å². The van der Waals surface area contributed by atoms with E-state index in [1.54, 1.807) is 6.07 Å². The first-order valence-corrected chi connectivity index (χ1v) is 5.94. The molecule has 2 N–H and O–H groups in total. The minimum atomic E-state index is 0.224. The number of phenols is 1. The first kappa shape index (κ1) is 13.0. The monoisotopic (exact) mass is 221 g/mol. The molecule has 0 heterocycles. The van der Waals surface area contributed by atoms with Crippen LogP contribution < -0.4 is 5.32 Å². The highest BCUT2D eigenvalue weighted by molar-refractivity contribution is 5.27. The summed E-state index contributed by atoms with van der Waals surface area (Å²) in [6, 6.07) is 7.95. The van der Waals surface area contributed by atoms with Gasteiger partial charge in [-0.15, -0.1) is 0 Å². The molecule has 1 rings (SSSR count). The summed E-state index contributed by atoms with van der Waals surface area (Å²) in [5.41, 5.74) is 1.41. The molecule has 1 aromatic rings. The molecular weight excluding hydrogens is 198 g/mol. The van der Waals surface area contributed by atoms with Crippen molar-refractivity contribution in [3.8, 4) is 5.75 Å². The summed E-state index contributed by atoms with van der Waals surface area (Å²) in [5.74, 6) is 0.349. The zero-order chi connectivity index (χ0) is 12.2. The van der Waals surface area contributed by atoms with Gasteiger partial charge >= 0.3 is 0 Å². The van der Waals surface area contributed by atoms with E-state index in [0.29, 0.717) is 11.8 Å². The lowest BCUT2D eigenvalue weighted by Gasteiger charge is -2.31. The third kappa shape index (κ3) is 3.86. The van der Waals surface area contributed by atoms with E-state index >= 15 is 0 Å². The van der Waals surface area contributed by atoms with E-state index in [0.717, 1.165) is 13.0 Å². The number of aromatic hydroxyl groups is 1. The van der Waals surface area contributed by atoms with Crippen molar-refractivity contribution < 1.29 is 5.11 Å². The van der Waals surface area contributed by atoms with Gasteiger partial charge in [-0.3, -0.25) is 0 Å². The molecule has 0 aliphatic heterocycles. The zero-order valence-electron chi connectivity index (χ0n) is 10.7. The Bertz CT molecular complexity index is 328. The normalized spacial score (nSPS) is 13.8. The molecule has 1 unspecified atom stereocenters. The van der Waals surface area contributed by atoms with Crippen LogP contribution in [0.25, 0.3) is 0 Å². The lowest BCUT2D eigenvalue weighted by molar-refractivity contribution is 0.270. The molecule has 0 amide bonds. The fourth-order valence-electron chi connectivity index (χ4n) is 1.85. The fraction of sp³-hybridized carbons (Fsp3) is 0.571. The van der Waals surface area contributed by atoms with Crippen molar-refractivity contribution in [3.63, 3.8) is 0 Å². The Morgan fingerprint density at radius 1 is 1.31 bits per heavy atom. The Kier molecular flexibility index (Phi) is 4.36. The topological polar surface area (TPSA) is 32.3 Å². The van der Waals surface area contributed by atoms with Crippen LogP contribution in [-0.4, -0.2) is 17.7 Å². The summed E-state index contributed by atoms with van der Waals surface area (Å²) < 4.78 is 0. The number of likely N-dealkylation sites (N-methyl/N-ethyl adjacent to an activating group) is 1. The van der Waals surface area contributed by atoms with Crippen molar-refractivity contribution in [2.45, 2.75) is 40.2 Å². The molecule has 0 saturated carbocycles. The Morgan fingerprint density at radius 2 is 2.00 bits per heavy atom. The van der Waals surface area contributed by atoms with Crippen LogP contribution in [0.15, 0.2) is 24.3 Å². The Morgan fingerprint density at radius 3 is 2.50 bits per heavy atom. The summed E-state index contributed by atoms with van der Waals surface area (Å²) >= 11 is 0. The lowest BCUT2D eigenvalue weighted by atomic mass is 9.83. The minimum absolute atomic E-state index is 0.224. The molecule has 0 saturated heterocycles. The molecular formula is C14H23NO. The molecule has 0 spiro atoms. The van der Waals surface area contributed by atoms with E-state index in [4.69, 9.17) is 0 Å². The second kappa shape index (κ2) is 5.35. The smallest absolute Gasteiger partial charge is 0.115 e. The van der Waals surface area contributed by atoms with Crippen LogP contribution >= 0.6 is 0 Å². The Balaban J connectivity index is 2.76. The third-order valence-corrected chi connectivity index (χ3v) is 2.85. The number of benzene rings is 1. The minimum Gasteiger partial charge on any atom is -0.508 e. The predicted molar refractivity (Wildman–Crippen MR) is 68.7 cm³/mol. The number of hydrogen-bond donors (Lipinski definition) is 2. The maximum atomic E-state index is 9.44. The van der Waals surface area contributed by atoms with Crippen molar-refractivity contribution in [3.05, 3.63) is 29.8 Å². The summed E-state index contributed by atoms with van der Waals surface area (Å²) in [4.78, 5) is 0. The van der Waals surface area contributed by atoms with Crippen molar-refractivity contribution in [1.29, 1.82) is 0 Å². The zero-order valence-corrected chi connectivity index (χ0v) is 10.7. The van der Waals surface area contributed by atoms with Gasteiger partial charge in [-0.2, -0.15) is 0 Å². The summed E-state index contributed by atoms with van der Waals surface area (Å²) in [7, 11) is 0. The van der Waals surface area contributed by atoms with Crippen LogP contribution in [0.1, 0.15) is 33.3 Å². The third-order valence-electron chi connectivity index (χ3n) is 2.85. The molecule has 0 fully saturated rings. The van der Waals surface area contributed by atoms with E-state index < -0.39 is 0 Å². The lowest BCUT2D eigenvalue weighted by Crippen LogP contribution is -2.41. The van der Waals surface area contributed by atoms with Crippen LogP contribution in [0, 0.1) is 5.41 Å². The molecule has 90 valence electrons. The van der Waals surface area contributed by atoms with Gasteiger partial charge in [0.05, 0.1) is 0 Å². The SMILES string of the molecule is CCNC(Cc1cccc(O)c1)C(C)(C)C. The largest absolute Gasteiger partial charge is 0.508 e. The molecule has 0 bridgehead atoms. The molecule has 0 aliphatic rings. The standard InChI is InChI=1S/C14H23NO/c1-5-15-13(14(2,3)4)10-11-7-6-8-12(16)9-11/h6-9,13,15-16H,5,10H2,1-4H3. The molecule has 1 aromatic carbocycles. The van der Waals surface area contributed by atoms with Crippen LogP contribution in [-0.2, 0) is 6.42 Å². The quantitative estimate of drug-likeness (QED) is 0.819. The Hall–Kier alpha value is -1.02. The number of phenolic OH excluding ortho intramolecular Hbond substituents is 1. The number of rotatable bonds is 4. The Labute approximate surface area is 98.7 Å². The van der Waals surface area contributed by atoms with Gasteiger partial charge in [0, 0.05) is 6.04 Å². The molecule has 2 nitrogen and oxygen atoms in total. The molecule has 2 heteroatoms. The highest BCUT2D eigenvalue weighted by atomic mass is 16.3. The predicted octanol–water partition coefficient (Wildman–Crippen LogP) is 2.96.